The van der Waals surface area contributed by atoms with E-state index in [1.807, 2.05) is 45.0 Å². The molecule has 0 N–H and O–H groups in total. The van der Waals surface area contributed by atoms with Gasteiger partial charge in [-0.1, -0.05) is 51.1 Å². The van der Waals surface area contributed by atoms with Gasteiger partial charge in [0.1, 0.15) is 12.3 Å². The van der Waals surface area contributed by atoms with Gasteiger partial charge in [0, 0.05) is 44.6 Å². The summed E-state index contributed by atoms with van der Waals surface area (Å²) in [6.45, 7) is 14.5. The number of amides is 2. The van der Waals surface area contributed by atoms with Crippen LogP contribution in [-0.4, -0.2) is 85.4 Å². The fourth-order valence-electron chi connectivity index (χ4n) is 5.20. The Labute approximate surface area is 238 Å². The van der Waals surface area contributed by atoms with Crippen LogP contribution < -0.4 is 4.74 Å². The smallest absolute Gasteiger partial charge is 0.262 e. The first-order valence-corrected chi connectivity index (χ1v) is 14.2. The average molecular weight is 549 g/mol. The van der Waals surface area contributed by atoms with Crippen molar-refractivity contribution in [2.45, 2.75) is 53.5 Å². The number of hydrazone groups is 1. The summed E-state index contributed by atoms with van der Waals surface area (Å²) in [6, 6.07) is 13.7. The Hall–Kier alpha value is -3.23. The van der Waals surface area contributed by atoms with Gasteiger partial charge in [0.25, 0.3) is 5.91 Å². The summed E-state index contributed by atoms with van der Waals surface area (Å²) in [5.41, 5.74) is 4.98. The summed E-state index contributed by atoms with van der Waals surface area (Å²) < 4.78 is 11.1. The highest BCUT2D eigenvalue weighted by Crippen LogP contribution is 2.37. The zero-order chi connectivity index (χ0) is 28.9. The number of ether oxygens (including phenoxy) is 2. The maximum absolute atomic E-state index is 14.0. The molecule has 2 amide bonds. The molecule has 2 aromatic rings. The van der Waals surface area contributed by atoms with E-state index in [2.05, 4.69) is 36.9 Å². The fourth-order valence-corrected chi connectivity index (χ4v) is 5.20. The van der Waals surface area contributed by atoms with E-state index in [4.69, 9.17) is 14.6 Å². The van der Waals surface area contributed by atoms with Crippen molar-refractivity contribution in [3.05, 3.63) is 64.7 Å². The summed E-state index contributed by atoms with van der Waals surface area (Å²) in [7, 11) is 1.64. The predicted molar refractivity (Wildman–Crippen MR) is 158 cm³/mol. The molecule has 2 aliphatic heterocycles. The molecule has 0 aromatic heterocycles. The molecule has 1 saturated heterocycles. The van der Waals surface area contributed by atoms with Crippen molar-refractivity contribution in [1.29, 1.82) is 0 Å². The Bertz CT molecular complexity index is 1230. The molecule has 0 saturated carbocycles. The van der Waals surface area contributed by atoms with Gasteiger partial charge in [-0.2, -0.15) is 5.10 Å². The summed E-state index contributed by atoms with van der Waals surface area (Å²) in [5, 5.41) is 6.46. The van der Waals surface area contributed by atoms with Crippen LogP contribution >= 0.6 is 0 Å². The van der Waals surface area contributed by atoms with Crippen molar-refractivity contribution < 1.29 is 19.1 Å². The number of methoxy groups -OCH3 is 1. The van der Waals surface area contributed by atoms with Gasteiger partial charge in [-0.15, -0.1) is 0 Å². The first kappa shape index (κ1) is 29.7. The van der Waals surface area contributed by atoms with E-state index >= 15 is 0 Å². The molecule has 40 heavy (non-hydrogen) atoms. The third-order valence-corrected chi connectivity index (χ3v) is 7.65. The Morgan fingerprint density at radius 2 is 1.80 bits per heavy atom. The van der Waals surface area contributed by atoms with Gasteiger partial charge in [-0.25, -0.2) is 5.01 Å². The highest BCUT2D eigenvalue weighted by molar-refractivity contribution is 6.03. The van der Waals surface area contributed by atoms with Crippen molar-refractivity contribution in [1.82, 2.24) is 14.8 Å². The first-order valence-electron chi connectivity index (χ1n) is 14.2. The molecule has 0 spiro atoms. The van der Waals surface area contributed by atoms with Crippen LogP contribution in [0.4, 0.5) is 0 Å². The van der Waals surface area contributed by atoms with Gasteiger partial charge >= 0.3 is 0 Å². The van der Waals surface area contributed by atoms with Gasteiger partial charge < -0.3 is 14.4 Å². The van der Waals surface area contributed by atoms with Gasteiger partial charge in [-0.05, 0) is 48.1 Å². The molecule has 0 aliphatic carbocycles. The molecule has 2 aliphatic rings. The number of nitrogens with zero attached hydrogens (tertiary/aromatic N) is 4. The minimum atomic E-state index is -0.320. The molecule has 4 rings (SSSR count). The number of benzene rings is 2. The zero-order valence-electron chi connectivity index (χ0n) is 24.9. The molecule has 0 radical (unpaired) electrons. The molecule has 2 aromatic carbocycles. The lowest BCUT2D eigenvalue weighted by molar-refractivity contribution is -0.142. The number of rotatable bonds is 9. The molecular formula is C32H44N4O4. The topological polar surface area (TPSA) is 74.7 Å². The van der Waals surface area contributed by atoms with E-state index in [0.717, 1.165) is 35.7 Å². The molecule has 0 bridgehead atoms. The van der Waals surface area contributed by atoms with Crippen LogP contribution in [0.1, 0.15) is 61.9 Å². The molecule has 8 heteroatoms. The Kier molecular flexibility index (Phi) is 9.64. The Balaban J connectivity index is 1.62. The molecule has 1 atom stereocenters. The van der Waals surface area contributed by atoms with Crippen LogP contribution in [0, 0.1) is 19.3 Å². The maximum atomic E-state index is 14.0. The number of carbonyl (C=O) groups excluding carboxylic acids is 2. The van der Waals surface area contributed by atoms with Crippen LogP contribution in [0.3, 0.4) is 0 Å². The standard InChI is InChI=1S/C32H44N4O4/c1-23-11-12-25(19-24(23)2)27-20-28(26-9-7-8-10-29(26)39-6)36(33-27)31(38)22-35(30(37)21-32(3,4)5)14-13-34-15-17-40-18-16-34/h7-12,19,28H,13-18,20-22H2,1-6H3/t28-/m1/s1. The minimum Gasteiger partial charge on any atom is -0.496 e. The highest BCUT2D eigenvalue weighted by atomic mass is 16.5. The molecule has 1 fully saturated rings. The lowest BCUT2D eigenvalue weighted by atomic mass is 9.91. The van der Waals surface area contributed by atoms with E-state index in [-0.39, 0.29) is 29.8 Å². The van der Waals surface area contributed by atoms with Crippen LogP contribution in [0.25, 0.3) is 0 Å². The van der Waals surface area contributed by atoms with Crippen molar-refractivity contribution in [3.63, 3.8) is 0 Å². The van der Waals surface area contributed by atoms with Crippen molar-refractivity contribution in [2.24, 2.45) is 10.5 Å². The number of para-hydroxylation sites is 1. The summed E-state index contributed by atoms with van der Waals surface area (Å²) in [6.07, 6.45) is 0.939. The second kappa shape index (κ2) is 13.0. The maximum Gasteiger partial charge on any atom is 0.262 e. The minimum absolute atomic E-state index is 0.0134. The van der Waals surface area contributed by atoms with Crippen molar-refractivity contribution in [2.75, 3.05) is 53.0 Å². The van der Waals surface area contributed by atoms with E-state index < -0.39 is 0 Å². The van der Waals surface area contributed by atoms with Crippen LogP contribution in [0.15, 0.2) is 47.6 Å². The van der Waals surface area contributed by atoms with E-state index in [1.54, 1.807) is 17.0 Å². The van der Waals surface area contributed by atoms with Crippen LogP contribution in [0.5, 0.6) is 5.75 Å². The SMILES string of the molecule is COc1ccccc1[C@H]1CC(c2ccc(C)c(C)c2)=NN1C(=O)CN(CCN1CCOCC1)C(=O)CC(C)(C)C. The number of aryl methyl sites for hydroxylation is 2. The number of hydrogen-bond donors (Lipinski definition) is 0. The van der Waals surface area contributed by atoms with Gasteiger partial charge in [-0.3, -0.25) is 14.5 Å². The highest BCUT2D eigenvalue weighted by Gasteiger charge is 2.36. The van der Waals surface area contributed by atoms with Gasteiger partial charge in [0.15, 0.2) is 0 Å². The number of morpholine rings is 1. The van der Waals surface area contributed by atoms with Crippen molar-refractivity contribution in [3.8, 4) is 5.75 Å². The Morgan fingerprint density at radius 3 is 2.48 bits per heavy atom. The van der Waals surface area contributed by atoms with Gasteiger partial charge in [0.2, 0.25) is 5.91 Å². The third-order valence-electron chi connectivity index (χ3n) is 7.65. The predicted octanol–water partition coefficient (Wildman–Crippen LogP) is 4.59. The number of carbonyl (C=O) groups is 2. The average Bonchev–Trinajstić information content (AvgIpc) is 3.37. The largest absolute Gasteiger partial charge is 0.496 e. The second-order valence-corrected chi connectivity index (χ2v) is 12.1. The molecule has 2 heterocycles. The second-order valence-electron chi connectivity index (χ2n) is 12.1. The lowest BCUT2D eigenvalue weighted by Gasteiger charge is -2.32. The van der Waals surface area contributed by atoms with Crippen LogP contribution in [0.2, 0.25) is 0 Å². The first-order chi connectivity index (χ1) is 19.1. The van der Waals surface area contributed by atoms with E-state index in [9.17, 15) is 9.59 Å². The fraction of sp³-hybridized carbons (Fsp3) is 0.531. The summed E-state index contributed by atoms with van der Waals surface area (Å²) in [4.78, 5) is 31.5. The third kappa shape index (κ3) is 7.49. The van der Waals surface area contributed by atoms with Crippen LogP contribution in [-0.2, 0) is 14.3 Å². The quantitative estimate of drug-likeness (QED) is 0.458. The normalized spacial score (nSPS) is 18.0. The van der Waals surface area contributed by atoms with E-state index in [1.165, 1.54) is 11.1 Å². The van der Waals surface area contributed by atoms with E-state index in [0.29, 0.717) is 39.1 Å². The van der Waals surface area contributed by atoms with Gasteiger partial charge in [0.05, 0.1) is 32.1 Å². The molecule has 0 unspecified atom stereocenters. The Morgan fingerprint density at radius 1 is 1.07 bits per heavy atom. The summed E-state index contributed by atoms with van der Waals surface area (Å²) >= 11 is 0. The lowest BCUT2D eigenvalue weighted by Crippen LogP contribution is -2.47. The molecule has 8 nitrogen and oxygen atoms in total. The summed E-state index contributed by atoms with van der Waals surface area (Å²) in [5.74, 6) is 0.509. The zero-order valence-corrected chi connectivity index (χ0v) is 24.9. The molecular weight excluding hydrogens is 504 g/mol. The van der Waals surface area contributed by atoms with Crippen molar-refractivity contribution >= 4 is 17.5 Å². The molecule has 216 valence electrons. The monoisotopic (exact) mass is 548 g/mol. The number of hydrogen-bond acceptors (Lipinski definition) is 6.